The highest BCUT2D eigenvalue weighted by Gasteiger charge is 2.34. The van der Waals surface area contributed by atoms with Crippen molar-refractivity contribution in [2.24, 2.45) is 7.05 Å². The molecule has 0 saturated heterocycles. The first-order valence-electron chi connectivity index (χ1n) is 11.3. The Morgan fingerprint density at radius 3 is 2.24 bits per heavy atom. The molecule has 3 aromatic heterocycles. The van der Waals surface area contributed by atoms with Gasteiger partial charge in [-0.1, -0.05) is 0 Å². The van der Waals surface area contributed by atoms with Crippen LogP contribution < -0.4 is 14.2 Å². The van der Waals surface area contributed by atoms with Crippen LogP contribution in [0.4, 0.5) is 10.1 Å². The van der Waals surface area contributed by atoms with Gasteiger partial charge in [0, 0.05) is 24.9 Å². The average molecular weight is 566 g/mol. The van der Waals surface area contributed by atoms with E-state index in [1.165, 1.54) is 54.0 Å². The van der Waals surface area contributed by atoms with Crippen LogP contribution in [0.2, 0.25) is 0 Å². The smallest absolute Gasteiger partial charge is 0.265 e. The molecule has 14 heteroatoms. The maximum atomic E-state index is 15.2. The lowest BCUT2D eigenvalue weighted by Gasteiger charge is -2.21. The van der Waals surface area contributed by atoms with Crippen LogP contribution in [0.25, 0.3) is 16.9 Å². The molecule has 0 atom stereocenters. The van der Waals surface area contributed by atoms with Gasteiger partial charge in [-0.05, 0) is 39.8 Å². The molecular weight excluding hydrogens is 537 g/mol. The Balaban J connectivity index is 1.91. The number of nitrogens with one attached hydrogen (secondary N) is 1. The van der Waals surface area contributed by atoms with Crippen molar-refractivity contribution in [2.45, 2.75) is 42.2 Å². The predicted octanol–water partition coefficient (Wildman–Crippen LogP) is 3.57. The third kappa shape index (κ3) is 4.47. The number of imidazole rings is 1. The fourth-order valence-electron chi connectivity index (χ4n) is 3.86. The van der Waals surface area contributed by atoms with Gasteiger partial charge in [0.1, 0.15) is 21.2 Å². The van der Waals surface area contributed by atoms with E-state index in [9.17, 15) is 16.8 Å². The maximum Gasteiger partial charge on any atom is 0.265 e. The number of sulfone groups is 1. The van der Waals surface area contributed by atoms with E-state index in [2.05, 4.69) is 14.8 Å². The number of anilines is 1. The van der Waals surface area contributed by atoms with E-state index < -0.39 is 30.4 Å². The molecule has 0 aliphatic rings. The van der Waals surface area contributed by atoms with Crippen LogP contribution in [0.1, 0.15) is 26.5 Å². The van der Waals surface area contributed by atoms with E-state index in [1.807, 2.05) is 0 Å². The number of sulfonamides is 1. The van der Waals surface area contributed by atoms with Gasteiger partial charge in [-0.25, -0.2) is 26.2 Å². The number of methoxy groups -OCH3 is 2. The molecule has 0 radical (unpaired) electrons. The summed E-state index contributed by atoms with van der Waals surface area (Å²) in [6.45, 7) is 6.30. The minimum atomic E-state index is -4.15. The normalized spacial score (nSPS) is 12.6. The summed E-state index contributed by atoms with van der Waals surface area (Å²) in [5, 5.41) is 3.96. The molecule has 0 fully saturated rings. The second kappa shape index (κ2) is 9.27. The number of aromatic nitrogens is 4. The predicted molar refractivity (Wildman–Crippen MR) is 139 cm³/mol. The SMILES string of the molecule is COc1cc2ncc(-c3cc(F)c(OC)c(NS(=O)(=O)c4cnn(C)c4C)c3)n2cc1S(=O)(=O)C(C)(C)C. The standard InChI is InChI=1S/C24H28FN5O6S2/c1-14-20(12-27-29(14)5)38(33,34)28-17-9-15(8-16(25)23(17)36-7)18-11-26-22-10-19(35-6)21(13-30(18)22)37(31,32)24(2,3)4/h8-13,28H,1-7H3. The molecule has 0 spiro atoms. The Bertz CT molecular complexity index is 1770. The van der Waals surface area contributed by atoms with Gasteiger partial charge in [0.25, 0.3) is 10.0 Å². The number of hydrogen-bond donors (Lipinski definition) is 1. The van der Waals surface area contributed by atoms with Crippen molar-refractivity contribution in [2.75, 3.05) is 18.9 Å². The van der Waals surface area contributed by atoms with Crippen molar-refractivity contribution in [3.05, 3.63) is 48.3 Å². The van der Waals surface area contributed by atoms with Gasteiger partial charge in [0.2, 0.25) is 0 Å². The number of halogens is 1. The summed E-state index contributed by atoms with van der Waals surface area (Å²) < 4.78 is 82.6. The van der Waals surface area contributed by atoms with Crippen molar-refractivity contribution in [1.29, 1.82) is 0 Å². The fourth-order valence-corrected chi connectivity index (χ4v) is 6.43. The van der Waals surface area contributed by atoms with Crippen molar-refractivity contribution < 1.29 is 30.7 Å². The summed E-state index contributed by atoms with van der Waals surface area (Å²) in [5.41, 5.74) is 1.11. The number of benzene rings is 1. The number of aryl methyl sites for hydroxylation is 1. The molecule has 0 amide bonds. The Hall–Kier alpha value is -3.65. The third-order valence-electron chi connectivity index (χ3n) is 6.16. The van der Waals surface area contributed by atoms with E-state index in [0.29, 0.717) is 17.0 Å². The molecule has 1 N–H and O–H groups in total. The summed E-state index contributed by atoms with van der Waals surface area (Å²) in [5.74, 6) is -1.03. The lowest BCUT2D eigenvalue weighted by atomic mass is 10.1. The summed E-state index contributed by atoms with van der Waals surface area (Å²) in [6, 6.07) is 4.01. The van der Waals surface area contributed by atoms with Crippen LogP contribution in [0.3, 0.4) is 0 Å². The highest BCUT2D eigenvalue weighted by atomic mass is 32.2. The maximum absolute atomic E-state index is 15.2. The van der Waals surface area contributed by atoms with Crippen molar-refractivity contribution in [3.8, 4) is 22.8 Å². The molecule has 0 unspecified atom stereocenters. The molecule has 3 heterocycles. The van der Waals surface area contributed by atoms with E-state index in [0.717, 1.165) is 6.07 Å². The summed E-state index contributed by atoms with van der Waals surface area (Å²) in [6.07, 6.45) is 3.98. The highest BCUT2D eigenvalue weighted by molar-refractivity contribution is 7.93. The van der Waals surface area contributed by atoms with Gasteiger partial charge < -0.3 is 9.47 Å². The zero-order valence-corrected chi connectivity index (χ0v) is 23.5. The molecule has 0 aliphatic carbocycles. The van der Waals surface area contributed by atoms with Gasteiger partial charge in [0.15, 0.2) is 21.4 Å². The fraction of sp³-hybridized carbons (Fsp3) is 0.333. The molecule has 11 nitrogen and oxygen atoms in total. The summed E-state index contributed by atoms with van der Waals surface area (Å²) in [7, 11) is -3.81. The lowest BCUT2D eigenvalue weighted by molar-refractivity contribution is 0.389. The van der Waals surface area contributed by atoms with Crippen LogP contribution in [-0.2, 0) is 26.9 Å². The Morgan fingerprint density at radius 2 is 1.68 bits per heavy atom. The van der Waals surface area contributed by atoms with Gasteiger partial charge in [0.05, 0.1) is 48.4 Å². The van der Waals surface area contributed by atoms with Gasteiger partial charge in [-0.3, -0.25) is 13.8 Å². The van der Waals surface area contributed by atoms with E-state index in [1.54, 1.807) is 34.7 Å². The zero-order chi connectivity index (χ0) is 28.2. The molecule has 0 bridgehead atoms. The number of hydrogen-bond acceptors (Lipinski definition) is 8. The van der Waals surface area contributed by atoms with Gasteiger partial charge in [-0.2, -0.15) is 5.10 Å². The van der Waals surface area contributed by atoms with Crippen LogP contribution >= 0.6 is 0 Å². The Kier molecular flexibility index (Phi) is 6.68. The summed E-state index contributed by atoms with van der Waals surface area (Å²) >= 11 is 0. The summed E-state index contributed by atoms with van der Waals surface area (Å²) in [4.78, 5) is 4.17. The van der Waals surface area contributed by atoms with Crippen LogP contribution in [0.5, 0.6) is 11.5 Å². The third-order valence-corrected chi connectivity index (χ3v) is 10.1. The molecule has 0 saturated carbocycles. The Morgan fingerprint density at radius 1 is 1.00 bits per heavy atom. The molecule has 38 heavy (non-hydrogen) atoms. The molecule has 0 aliphatic heterocycles. The lowest BCUT2D eigenvalue weighted by Crippen LogP contribution is -2.28. The second-order valence-electron chi connectivity index (χ2n) is 9.56. The van der Waals surface area contributed by atoms with E-state index in [4.69, 9.17) is 9.47 Å². The zero-order valence-electron chi connectivity index (χ0n) is 21.9. The quantitative estimate of drug-likeness (QED) is 0.360. The van der Waals surface area contributed by atoms with Crippen molar-refractivity contribution in [3.63, 3.8) is 0 Å². The Labute approximate surface area is 220 Å². The first-order chi connectivity index (χ1) is 17.6. The molecular formula is C24H28FN5O6S2. The minimum absolute atomic E-state index is 0.0683. The first-order valence-corrected chi connectivity index (χ1v) is 14.3. The minimum Gasteiger partial charge on any atom is -0.495 e. The first kappa shape index (κ1) is 27.4. The molecule has 4 rings (SSSR count). The largest absolute Gasteiger partial charge is 0.495 e. The van der Waals surface area contributed by atoms with E-state index >= 15 is 4.39 Å². The average Bonchev–Trinajstić information content (AvgIpc) is 3.39. The number of fused-ring (bicyclic) bond motifs is 1. The number of nitrogens with zero attached hydrogens (tertiary/aromatic N) is 4. The molecule has 204 valence electrons. The molecule has 1 aromatic carbocycles. The number of pyridine rings is 1. The second-order valence-corrected chi connectivity index (χ2v) is 13.9. The van der Waals surface area contributed by atoms with Crippen LogP contribution in [-0.4, -0.2) is 55.0 Å². The monoisotopic (exact) mass is 565 g/mol. The van der Waals surface area contributed by atoms with E-state index in [-0.39, 0.29) is 32.5 Å². The van der Waals surface area contributed by atoms with Gasteiger partial charge in [-0.15, -0.1) is 0 Å². The van der Waals surface area contributed by atoms with Gasteiger partial charge >= 0.3 is 0 Å². The topological polar surface area (TPSA) is 134 Å². The number of ether oxygens (including phenoxy) is 2. The van der Waals surface area contributed by atoms with Crippen LogP contribution in [0, 0.1) is 12.7 Å². The highest BCUT2D eigenvalue weighted by Crippen LogP contribution is 2.38. The molecule has 4 aromatic rings. The van der Waals surface area contributed by atoms with Crippen LogP contribution in [0.15, 0.2) is 46.6 Å². The van der Waals surface area contributed by atoms with Crippen molar-refractivity contribution in [1.82, 2.24) is 19.2 Å². The number of rotatable bonds is 7. The van der Waals surface area contributed by atoms with Crippen molar-refractivity contribution >= 4 is 31.2 Å².